The highest BCUT2D eigenvalue weighted by Crippen LogP contribution is 2.30. The molecule has 1 unspecified atom stereocenters. The number of nitrogens with two attached hydrogens (primary N) is 1. The molecule has 11 heteroatoms. The van der Waals surface area contributed by atoms with E-state index in [1.165, 1.54) is 10.9 Å². The molecule has 0 radical (unpaired) electrons. The zero-order chi connectivity index (χ0) is 29.4. The molecule has 2 aromatic carbocycles. The quantitative estimate of drug-likeness (QED) is 0.265. The van der Waals surface area contributed by atoms with Crippen LogP contribution in [0.4, 0.5) is 5.82 Å². The minimum absolute atomic E-state index is 0.117. The van der Waals surface area contributed by atoms with E-state index in [1.54, 1.807) is 39.8 Å². The summed E-state index contributed by atoms with van der Waals surface area (Å²) in [5, 5.41) is 9.84. The van der Waals surface area contributed by atoms with Crippen LogP contribution in [0, 0.1) is 11.3 Å². The first-order valence-electron chi connectivity index (χ1n) is 14.0. The minimum Gasteiger partial charge on any atom is -0.457 e. The second-order valence-corrected chi connectivity index (χ2v) is 11.2. The Morgan fingerprint density at radius 3 is 2.45 bits per heavy atom. The van der Waals surface area contributed by atoms with Crippen molar-refractivity contribution in [1.82, 2.24) is 28.9 Å². The van der Waals surface area contributed by atoms with Crippen LogP contribution in [0.3, 0.4) is 0 Å². The highest BCUT2D eigenvalue weighted by Gasteiger charge is 2.35. The molecule has 42 heavy (non-hydrogen) atoms. The van der Waals surface area contributed by atoms with E-state index in [2.05, 4.69) is 20.9 Å². The third kappa shape index (κ3) is 4.90. The van der Waals surface area contributed by atoms with Crippen LogP contribution in [0.2, 0.25) is 0 Å². The topological polar surface area (TPSA) is 135 Å². The van der Waals surface area contributed by atoms with Crippen molar-refractivity contribution in [3.8, 4) is 23.3 Å². The van der Waals surface area contributed by atoms with Gasteiger partial charge in [0.25, 0.3) is 5.91 Å². The SMILES string of the molecule is CC(C)(C=C(C#N)C(=O)N1CCC(n2c(=O)n(-c3ccc(Oc4ccccc4)cc3)c3c(N)ncnc32)C1)N1CCC1. The lowest BCUT2D eigenvalue weighted by Gasteiger charge is -2.43. The Labute approximate surface area is 243 Å². The molecule has 2 N–H and O–H groups in total. The molecule has 1 atom stereocenters. The number of fused-ring (bicyclic) bond motifs is 1. The van der Waals surface area contributed by atoms with Crippen LogP contribution in [-0.2, 0) is 4.79 Å². The number of benzene rings is 2. The number of imidazole rings is 1. The molecule has 11 nitrogen and oxygen atoms in total. The lowest BCUT2D eigenvalue weighted by Crippen LogP contribution is -2.51. The van der Waals surface area contributed by atoms with Gasteiger partial charge in [0.1, 0.15) is 35.0 Å². The summed E-state index contributed by atoms with van der Waals surface area (Å²) in [6.07, 6.45) is 4.75. The summed E-state index contributed by atoms with van der Waals surface area (Å²) in [4.78, 5) is 39.8. The fourth-order valence-corrected chi connectivity index (χ4v) is 5.71. The van der Waals surface area contributed by atoms with E-state index in [1.807, 2.05) is 44.2 Å². The van der Waals surface area contributed by atoms with Crippen LogP contribution in [0.25, 0.3) is 16.9 Å². The first kappa shape index (κ1) is 27.2. The second-order valence-electron chi connectivity index (χ2n) is 11.2. The number of carbonyl (C=O) groups is 1. The molecule has 0 bridgehead atoms. The molecule has 2 aliphatic rings. The molecule has 4 aromatic rings. The average molecular weight is 565 g/mol. The van der Waals surface area contributed by atoms with E-state index in [-0.39, 0.29) is 35.6 Å². The standard InChI is InChI=1S/C31H32N8O3/c1-31(2,37-14-6-15-37)17-21(18-32)29(40)36-16-13-23(19-36)39-28-26(27(33)34-20-35-28)38(30(39)41)22-9-11-25(12-10-22)42-24-7-4-3-5-8-24/h3-5,7-12,17,20,23H,6,13-16,19H2,1-2H3,(H2,33,34,35). The van der Waals surface area contributed by atoms with E-state index in [9.17, 15) is 14.9 Å². The predicted molar refractivity (Wildman–Crippen MR) is 158 cm³/mol. The van der Waals surface area contributed by atoms with E-state index in [4.69, 9.17) is 10.5 Å². The summed E-state index contributed by atoms with van der Waals surface area (Å²) in [6, 6.07) is 18.3. The van der Waals surface area contributed by atoms with Gasteiger partial charge in [0.05, 0.1) is 11.7 Å². The smallest absolute Gasteiger partial charge is 0.335 e. The maximum absolute atomic E-state index is 14.0. The number of hydrogen-bond donors (Lipinski definition) is 1. The maximum atomic E-state index is 14.0. The number of carbonyl (C=O) groups excluding carboxylic acids is 1. The Bertz CT molecular complexity index is 1760. The molecule has 2 aromatic heterocycles. The summed E-state index contributed by atoms with van der Waals surface area (Å²) >= 11 is 0. The van der Waals surface area contributed by atoms with E-state index >= 15 is 0 Å². The Hall–Kier alpha value is -4.95. The van der Waals surface area contributed by atoms with E-state index < -0.39 is 5.54 Å². The summed E-state index contributed by atoms with van der Waals surface area (Å²) in [5.74, 6) is 1.17. The lowest BCUT2D eigenvalue weighted by molar-refractivity contribution is -0.125. The number of likely N-dealkylation sites (tertiary alicyclic amines) is 2. The van der Waals surface area contributed by atoms with Crippen molar-refractivity contribution in [3.63, 3.8) is 0 Å². The first-order chi connectivity index (χ1) is 20.3. The van der Waals surface area contributed by atoms with Crippen molar-refractivity contribution in [1.29, 1.82) is 5.26 Å². The van der Waals surface area contributed by atoms with Crippen molar-refractivity contribution in [2.75, 3.05) is 31.9 Å². The third-order valence-corrected chi connectivity index (χ3v) is 8.09. The van der Waals surface area contributed by atoms with Crippen LogP contribution in [0.1, 0.15) is 32.7 Å². The fourth-order valence-electron chi connectivity index (χ4n) is 5.71. The van der Waals surface area contributed by atoms with Gasteiger partial charge in [-0.3, -0.25) is 18.8 Å². The number of rotatable bonds is 7. The number of anilines is 1. The van der Waals surface area contributed by atoms with Gasteiger partial charge in [0.2, 0.25) is 0 Å². The van der Waals surface area contributed by atoms with Crippen LogP contribution >= 0.6 is 0 Å². The van der Waals surface area contributed by atoms with E-state index in [0.717, 1.165) is 19.5 Å². The number of hydrogen-bond acceptors (Lipinski definition) is 8. The molecule has 2 saturated heterocycles. The zero-order valence-electron chi connectivity index (χ0n) is 23.6. The highest BCUT2D eigenvalue weighted by molar-refractivity contribution is 5.97. The number of aromatic nitrogens is 4. The molecule has 0 aliphatic carbocycles. The van der Waals surface area contributed by atoms with E-state index in [0.29, 0.717) is 41.3 Å². The minimum atomic E-state index is -0.390. The molecule has 6 rings (SSSR count). The average Bonchev–Trinajstić information content (AvgIpc) is 3.54. The summed E-state index contributed by atoms with van der Waals surface area (Å²) in [7, 11) is 0. The summed E-state index contributed by atoms with van der Waals surface area (Å²) < 4.78 is 8.99. The van der Waals surface area contributed by atoms with Crippen LogP contribution in [0.15, 0.2) is 77.4 Å². The molecule has 214 valence electrons. The fraction of sp³-hybridized carbons (Fsp3) is 0.323. The Balaban J connectivity index is 1.29. The van der Waals surface area contributed by atoms with Gasteiger partial charge < -0.3 is 15.4 Å². The summed E-state index contributed by atoms with van der Waals surface area (Å²) in [5.41, 5.74) is 7.05. The number of nitriles is 1. The number of para-hydroxylation sites is 1. The van der Waals surface area contributed by atoms with Gasteiger partial charge in [-0.25, -0.2) is 14.8 Å². The zero-order valence-corrected chi connectivity index (χ0v) is 23.6. The lowest BCUT2D eigenvalue weighted by atomic mass is 9.95. The molecule has 4 heterocycles. The van der Waals surface area contributed by atoms with Crippen molar-refractivity contribution < 1.29 is 9.53 Å². The molecule has 2 fully saturated rings. The largest absolute Gasteiger partial charge is 0.457 e. The van der Waals surface area contributed by atoms with Gasteiger partial charge in [-0.1, -0.05) is 18.2 Å². The molecule has 2 aliphatic heterocycles. The molecule has 0 spiro atoms. The Morgan fingerprint density at radius 1 is 1.07 bits per heavy atom. The number of nitrogens with zero attached hydrogens (tertiary/aromatic N) is 7. The Kier molecular flexibility index (Phi) is 7.00. The molecular weight excluding hydrogens is 532 g/mol. The number of ether oxygens (including phenoxy) is 1. The molecule has 0 saturated carbocycles. The monoisotopic (exact) mass is 564 g/mol. The van der Waals surface area contributed by atoms with Crippen molar-refractivity contribution >= 4 is 22.9 Å². The summed E-state index contributed by atoms with van der Waals surface area (Å²) in [6.45, 7) is 6.61. The number of nitrogen functional groups attached to an aromatic ring is 1. The van der Waals surface area contributed by atoms with Gasteiger partial charge in [0, 0.05) is 31.7 Å². The molecular formula is C31H32N8O3. The van der Waals surface area contributed by atoms with Crippen LogP contribution < -0.4 is 16.2 Å². The highest BCUT2D eigenvalue weighted by atomic mass is 16.5. The predicted octanol–water partition coefficient (Wildman–Crippen LogP) is 3.66. The molecule has 1 amide bonds. The first-order valence-corrected chi connectivity index (χ1v) is 14.0. The van der Waals surface area contributed by atoms with Crippen molar-refractivity contribution in [2.45, 2.75) is 38.3 Å². The van der Waals surface area contributed by atoms with Crippen molar-refractivity contribution in [2.24, 2.45) is 0 Å². The maximum Gasteiger partial charge on any atom is 0.335 e. The number of amides is 1. The Morgan fingerprint density at radius 2 is 1.79 bits per heavy atom. The normalized spacial score (nSPS) is 17.7. The van der Waals surface area contributed by atoms with Crippen LogP contribution in [0.5, 0.6) is 11.5 Å². The van der Waals surface area contributed by atoms with Crippen LogP contribution in [-0.4, -0.2) is 66.5 Å². The van der Waals surface area contributed by atoms with Gasteiger partial charge in [-0.2, -0.15) is 5.26 Å². The van der Waals surface area contributed by atoms with Gasteiger partial charge in [-0.15, -0.1) is 0 Å². The van der Waals surface area contributed by atoms with Gasteiger partial charge in [-0.05, 0) is 69.2 Å². The second kappa shape index (κ2) is 10.8. The third-order valence-electron chi connectivity index (χ3n) is 8.09. The van der Waals surface area contributed by atoms with Gasteiger partial charge in [0.15, 0.2) is 11.5 Å². The van der Waals surface area contributed by atoms with Gasteiger partial charge >= 0.3 is 5.69 Å². The van der Waals surface area contributed by atoms with Crippen molar-refractivity contribution in [3.05, 3.63) is 83.1 Å².